The second-order valence-electron chi connectivity index (χ2n) is 4.52. The third kappa shape index (κ3) is 3.33. The van der Waals surface area contributed by atoms with Crippen LogP contribution in [0.5, 0.6) is 0 Å². The molecule has 0 bridgehead atoms. The van der Waals surface area contributed by atoms with E-state index in [0.717, 1.165) is 12.1 Å². The highest BCUT2D eigenvalue weighted by atomic mass is 35.5. The average Bonchev–Trinajstić information content (AvgIpc) is 2.54. The fourth-order valence-corrected chi connectivity index (χ4v) is 2.20. The first-order valence-corrected chi connectivity index (χ1v) is 6.60. The number of nitro groups is 2. The Morgan fingerprint density at radius 1 is 1.04 bits per heavy atom. The van der Waals surface area contributed by atoms with Gasteiger partial charge in [0, 0.05) is 23.3 Å². The van der Waals surface area contributed by atoms with Crippen molar-refractivity contribution < 1.29 is 19.7 Å². The van der Waals surface area contributed by atoms with Gasteiger partial charge in [0.1, 0.15) is 6.10 Å². The van der Waals surface area contributed by atoms with Crippen molar-refractivity contribution in [2.45, 2.75) is 6.10 Å². The van der Waals surface area contributed by atoms with Gasteiger partial charge in [-0.3, -0.25) is 25.0 Å². The number of carbonyl (C=O) groups excluding carboxylic acids is 1. The Morgan fingerprint density at radius 2 is 1.52 bits per heavy atom. The number of nitro benzene ring substituents is 2. The summed E-state index contributed by atoms with van der Waals surface area (Å²) < 4.78 is 0. The van der Waals surface area contributed by atoms with Crippen LogP contribution in [0.2, 0.25) is 5.02 Å². The van der Waals surface area contributed by atoms with Crippen LogP contribution >= 0.6 is 11.6 Å². The zero-order chi connectivity index (χ0) is 17.1. The lowest BCUT2D eigenvalue weighted by atomic mass is 9.99. The molecular weight excluding hydrogens is 328 g/mol. The van der Waals surface area contributed by atoms with E-state index in [0.29, 0.717) is 0 Å². The molecule has 0 radical (unpaired) electrons. The summed E-state index contributed by atoms with van der Waals surface area (Å²) in [5, 5.41) is 31.3. The van der Waals surface area contributed by atoms with E-state index in [1.807, 2.05) is 0 Å². The Balaban J connectivity index is 2.52. The van der Waals surface area contributed by atoms with E-state index in [4.69, 9.17) is 11.6 Å². The van der Waals surface area contributed by atoms with Gasteiger partial charge in [0.2, 0.25) is 0 Å². The molecule has 1 unspecified atom stereocenters. The summed E-state index contributed by atoms with van der Waals surface area (Å²) in [4.78, 5) is 32.2. The monoisotopic (exact) mass is 336 g/mol. The van der Waals surface area contributed by atoms with Gasteiger partial charge in [-0.05, 0) is 0 Å². The third-order valence-corrected chi connectivity index (χ3v) is 3.46. The van der Waals surface area contributed by atoms with Crippen molar-refractivity contribution in [1.29, 1.82) is 0 Å². The molecule has 0 aromatic heterocycles. The summed E-state index contributed by atoms with van der Waals surface area (Å²) in [7, 11) is 0. The number of nitrogens with zero attached hydrogens (tertiary/aromatic N) is 2. The Morgan fingerprint density at radius 3 is 1.96 bits per heavy atom. The molecule has 118 valence electrons. The highest BCUT2D eigenvalue weighted by molar-refractivity contribution is 6.34. The Kier molecular flexibility index (Phi) is 4.68. The quantitative estimate of drug-likeness (QED) is 0.508. The maximum Gasteiger partial charge on any atom is 0.295 e. The number of rotatable bonds is 5. The molecule has 0 amide bonds. The number of benzene rings is 2. The molecule has 1 N–H and O–H groups in total. The summed E-state index contributed by atoms with van der Waals surface area (Å²) in [6.45, 7) is 0. The van der Waals surface area contributed by atoms with Gasteiger partial charge in [-0.25, -0.2) is 0 Å². The zero-order valence-corrected chi connectivity index (χ0v) is 12.1. The van der Waals surface area contributed by atoms with Gasteiger partial charge < -0.3 is 5.11 Å². The van der Waals surface area contributed by atoms with Crippen molar-refractivity contribution in [3.05, 3.63) is 78.8 Å². The van der Waals surface area contributed by atoms with Gasteiger partial charge in [0.15, 0.2) is 10.8 Å². The fraction of sp³-hybridized carbons (Fsp3) is 0.0714. The molecule has 23 heavy (non-hydrogen) atoms. The standard InChI is InChI=1S/C14H9ClN2O6/c15-12-10(16(20)21)6-9(7-11(12)17(22)23)14(19)13(18)8-4-2-1-3-5-8/h1-7,14,19H. The van der Waals surface area contributed by atoms with Crippen LogP contribution in [0.1, 0.15) is 22.0 Å². The van der Waals surface area contributed by atoms with Gasteiger partial charge in [0.25, 0.3) is 11.4 Å². The Bertz CT molecular complexity index is 758. The normalized spacial score (nSPS) is 11.7. The van der Waals surface area contributed by atoms with Crippen LogP contribution in [0, 0.1) is 20.2 Å². The summed E-state index contributed by atoms with van der Waals surface area (Å²) >= 11 is 5.62. The van der Waals surface area contributed by atoms with E-state index in [2.05, 4.69) is 0 Å². The average molecular weight is 337 g/mol. The van der Waals surface area contributed by atoms with E-state index < -0.39 is 38.1 Å². The minimum Gasteiger partial charge on any atom is -0.380 e. The molecule has 8 nitrogen and oxygen atoms in total. The van der Waals surface area contributed by atoms with E-state index >= 15 is 0 Å². The van der Waals surface area contributed by atoms with Crippen LogP contribution in [0.4, 0.5) is 11.4 Å². The summed E-state index contributed by atoms with van der Waals surface area (Å²) in [6, 6.07) is 9.41. The highest BCUT2D eigenvalue weighted by Gasteiger charge is 2.29. The van der Waals surface area contributed by atoms with Gasteiger partial charge in [-0.1, -0.05) is 41.9 Å². The summed E-state index contributed by atoms with van der Waals surface area (Å²) in [5.41, 5.74) is -1.62. The molecule has 0 fully saturated rings. The Labute approximate surface area is 134 Å². The number of halogens is 1. The topological polar surface area (TPSA) is 124 Å². The minimum atomic E-state index is -1.79. The molecule has 2 rings (SSSR count). The molecule has 0 aliphatic heterocycles. The van der Waals surface area contributed by atoms with Crippen molar-refractivity contribution in [2.75, 3.05) is 0 Å². The SMILES string of the molecule is O=C(c1ccccc1)C(O)c1cc([N+](=O)[O-])c(Cl)c([N+](=O)[O-])c1. The summed E-state index contributed by atoms with van der Waals surface area (Å²) in [6.07, 6.45) is -1.79. The molecule has 2 aromatic rings. The number of ketones is 1. The van der Waals surface area contributed by atoms with Gasteiger partial charge >= 0.3 is 0 Å². The number of aliphatic hydroxyl groups is 1. The molecule has 0 heterocycles. The number of Topliss-reactive ketones (excluding diaryl/α,β-unsaturated/α-hetero) is 1. The van der Waals surface area contributed by atoms with Gasteiger partial charge in [0.05, 0.1) is 9.85 Å². The van der Waals surface area contributed by atoms with Crippen LogP contribution in [-0.4, -0.2) is 20.7 Å². The predicted octanol–water partition coefficient (Wildman–Crippen LogP) is 3.07. The molecule has 9 heteroatoms. The molecule has 0 aliphatic rings. The van der Waals surface area contributed by atoms with Crippen molar-refractivity contribution in [1.82, 2.24) is 0 Å². The second-order valence-corrected chi connectivity index (χ2v) is 4.90. The lowest BCUT2D eigenvalue weighted by Crippen LogP contribution is -2.13. The largest absolute Gasteiger partial charge is 0.380 e. The molecule has 0 saturated heterocycles. The van der Waals surface area contributed by atoms with Crippen LogP contribution < -0.4 is 0 Å². The van der Waals surface area contributed by atoms with E-state index in [-0.39, 0.29) is 11.1 Å². The third-order valence-electron chi connectivity index (χ3n) is 3.07. The van der Waals surface area contributed by atoms with Crippen molar-refractivity contribution in [2.24, 2.45) is 0 Å². The number of hydrogen-bond donors (Lipinski definition) is 1. The van der Waals surface area contributed by atoms with Gasteiger partial charge in [-0.15, -0.1) is 0 Å². The number of carbonyl (C=O) groups is 1. The fourth-order valence-electron chi connectivity index (χ4n) is 1.95. The van der Waals surface area contributed by atoms with Crippen LogP contribution in [0.15, 0.2) is 42.5 Å². The molecular formula is C14H9ClN2O6. The van der Waals surface area contributed by atoms with E-state index in [9.17, 15) is 30.1 Å². The minimum absolute atomic E-state index is 0.167. The van der Waals surface area contributed by atoms with Crippen molar-refractivity contribution >= 4 is 28.8 Å². The highest BCUT2D eigenvalue weighted by Crippen LogP contribution is 2.37. The second kappa shape index (κ2) is 6.51. The molecule has 2 aromatic carbocycles. The molecule has 0 spiro atoms. The van der Waals surface area contributed by atoms with Crippen molar-refractivity contribution in [3.8, 4) is 0 Å². The molecule has 1 atom stereocenters. The molecule has 0 aliphatic carbocycles. The van der Waals surface area contributed by atoms with Crippen LogP contribution in [0.3, 0.4) is 0 Å². The first-order chi connectivity index (χ1) is 10.8. The van der Waals surface area contributed by atoms with Crippen molar-refractivity contribution in [3.63, 3.8) is 0 Å². The zero-order valence-electron chi connectivity index (χ0n) is 11.4. The first kappa shape index (κ1) is 16.5. The van der Waals surface area contributed by atoms with Crippen LogP contribution in [0.25, 0.3) is 0 Å². The predicted molar refractivity (Wildman–Crippen MR) is 80.5 cm³/mol. The lowest BCUT2D eigenvalue weighted by Gasteiger charge is -2.10. The first-order valence-electron chi connectivity index (χ1n) is 6.22. The maximum atomic E-state index is 12.2. The number of hydrogen-bond acceptors (Lipinski definition) is 6. The Hall–Kier alpha value is -2.84. The van der Waals surface area contributed by atoms with Gasteiger partial charge in [-0.2, -0.15) is 0 Å². The maximum absolute atomic E-state index is 12.2. The smallest absolute Gasteiger partial charge is 0.295 e. The molecule has 0 saturated carbocycles. The van der Waals surface area contributed by atoms with E-state index in [1.165, 1.54) is 12.1 Å². The van der Waals surface area contributed by atoms with Crippen LogP contribution in [-0.2, 0) is 0 Å². The summed E-state index contributed by atoms with van der Waals surface area (Å²) in [5.74, 6) is -0.739. The van der Waals surface area contributed by atoms with E-state index in [1.54, 1.807) is 18.2 Å². The lowest BCUT2D eigenvalue weighted by molar-refractivity contribution is -0.394. The number of aliphatic hydroxyl groups excluding tert-OH is 1.